The number of rotatable bonds is 0. The van der Waals surface area contributed by atoms with Crippen LogP contribution in [0.3, 0.4) is 0 Å². The highest BCUT2D eigenvalue weighted by Crippen LogP contribution is 2.25. The van der Waals surface area contributed by atoms with Gasteiger partial charge in [0, 0.05) is 0 Å². The third-order valence-corrected chi connectivity index (χ3v) is 1.57. The summed E-state index contributed by atoms with van der Waals surface area (Å²) in [6, 6.07) is 6.25. The summed E-state index contributed by atoms with van der Waals surface area (Å²) in [5.74, 6) is 0. The number of fused-ring (bicyclic) bond motifs is 1. The Labute approximate surface area is 68.5 Å². The van der Waals surface area contributed by atoms with E-state index < -0.39 is 6.03 Å². The number of carbonyl (C=O) groups excluding carboxylic acids is 1. The zero-order valence-corrected chi connectivity index (χ0v) is 6.07. The zero-order valence-electron chi connectivity index (χ0n) is 6.07. The van der Waals surface area contributed by atoms with Gasteiger partial charge < -0.3 is 15.7 Å². The van der Waals surface area contributed by atoms with Crippen molar-refractivity contribution in [3.63, 3.8) is 0 Å². The Bertz CT molecular complexity index is 326. The van der Waals surface area contributed by atoms with E-state index in [0.29, 0.717) is 16.5 Å². The second kappa shape index (κ2) is 2.38. The van der Waals surface area contributed by atoms with Gasteiger partial charge in [-0.3, -0.25) is 5.43 Å². The average Bonchev–Trinajstić information content (AvgIpc) is 2.04. The van der Waals surface area contributed by atoms with Crippen LogP contribution in [0.15, 0.2) is 24.3 Å². The minimum Gasteiger partial charge on any atom is -0.739 e. The Balaban J connectivity index is 2.47. The molecular weight excluding hydrogens is 158 g/mol. The quantitative estimate of drug-likeness (QED) is 0.602. The Kier molecular flexibility index (Phi) is 1.38. The van der Waals surface area contributed by atoms with Gasteiger partial charge in [0.2, 0.25) is 0 Å². The highest BCUT2D eigenvalue weighted by atomic mass is 16.5. The lowest BCUT2D eigenvalue weighted by Gasteiger charge is -2.35. The second-order valence-corrected chi connectivity index (χ2v) is 2.38. The maximum Gasteiger partial charge on any atom is 0.337 e. The average molecular weight is 164 g/mol. The molecule has 0 saturated heterocycles. The van der Waals surface area contributed by atoms with Crippen molar-refractivity contribution >= 4 is 17.4 Å². The van der Waals surface area contributed by atoms with Crippen LogP contribution in [0.5, 0.6) is 0 Å². The molecule has 1 aromatic rings. The Morgan fingerprint density at radius 1 is 1.33 bits per heavy atom. The van der Waals surface area contributed by atoms with Gasteiger partial charge in [-0.25, -0.2) is 4.79 Å². The van der Waals surface area contributed by atoms with Gasteiger partial charge in [-0.2, -0.15) is 0 Å². The number of hydrogen-bond acceptors (Lipinski definition) is 3. The molecular formula is C7H6N3O2-. The number of hydrazine groups is 1. The monoisotopic (exact) mass is 164 g/mol. The van der Waals surface area contributed by atoms with E-state index in [9.17, 15) is 10.0 Å². The number of hydrogen-bond donors (Lipinski definition) is 2. The minimum atomic E-state index is -0.510. The number of benzene rings is 1. The highest BCUT2D eigenvalue weighted by Gasteiger charge is 2.13. The molecule has 0 aliphatic carbocycles. The molecule has 0 aromatic heterocycles. The summed E-state index contributed by atoms with van der Waals surface area (Å²) in [6.07, 6.45) is 0. The molecule has 1 aromatic carbocycles. The standard InChI is InChI=1S/C7H6N3O2/c11-7-8-5-3-1-2-4-6(5)10(12)9-7/h1-4H,(H2,8,9,11)/q-1. The number of carbonyl (C=O) groups is 1. The van der Waals surface area contributed by atoms with Crippen LogP contribution in [0.2, 0.25) is 0 Å². The van der Waals surface area contributed by atoms with Crippen LogP contribution in [0.1, 0.15) is 0 Å². The van der Waals surface area contributed by atoms with E-state index in [2.05, 4.69) is 10.7 Å². The first kappa shape index (κ1) is 6.93. The van der Waals surface area contributed by atoms with E-state index in [1.54, 1.807) is 24.3 Å². The molecule has 0 saturated carbocycles. The van der Waals surface area contributed by atoms with E-state index >= 15 is 0 Å². The third-order valence-electron chi connectivity index (χ3n) is 1.57. The van der Waals surface area contributed by atoms with Crippen molar-refractivity contribution in [1.82, 2.24) is 5.43 Å². The van der Waals surface area contributed by atoms with E-state index in [-0.39, 0.29) is 0 Å². The maximum absolute atomic E-state index is 11.0. The molecule has 0 bridgehead atoms. The van der Waals surface area contributed by atoms with Crippen molar-refractivity contribution in [3.8, 4) is 0 Å². The molecule has 2 amide bonds. The summed E-state index contributed by atoms with van der Waals surface area (Å²) in [4.78, 5) is 10.8. The van der Waals surface area contributed by atoms with Crippen molar-refractivity contribution in [1.29, 1.82) is 0 Å². The van der Waals surface area contributed by atoms with E-state index in [1.165, 1.54) is 0 Å². The van der Waals surface area contributed by atoms with E-state index in [1.807, 2.05) is 0 Å². The summed E-state index contributed by atoms with van der Waals surface area (Å²) in [5.41, 5.74) is 3.00. The zero-order chi connectivity index (χ0) is 8.55. The fraction of sp³-hybridized carbons (Fsp3) is 0. The predicted molar refractivity (Wildman–Crippen MR) is 44.4 cm³/mol. The van der Waals surface area contributed by atoms with Crippen molar-refractivity contribution < 1.29 is 4.79 Å². The molecule has 12 heavy (non-hydrogen) atoms. The van der Waals surface area contributed by atoms with Gasteiger partial charge in [-0.15, -0.1) is 0 Å². The molecule has 0 fully saturated rings. The van der Waals surface area contributed by atoms with Gasteiger partial charge in [-0.1, -0.05) is 12.1 Å². The van der Waals surface area contributed by atoms with Crippen molar-refractivity contribution in [2.45, 2.75) is 0 Å². The smallest absolute Gasteiger partial charge is 0.337 e. The molecule has 1 heterocycles. The SMILES string of the molecule is O=C1Nc2ccccc2N([O-])N1. The fourth-order valence-corrected chi connectivity index (χ4v) is 1.06. The third kappa shape index (κ3) is 0.960. The molecule has 5 heteroatoms. The van der Waals surface area contributed by atoms with Crippen molar-refractivity contribution in [2.24, 2.45) is 0 Å². The molecule has 0 unspecified atom stereocenters. The molecule has 5 nitrogen and oxygen atoms in total. The number of amides is 2. The number of urea groups is 1. The van der Waals surface area contributed by atoms with Gasteiger partial charge in [-0.05, 0) is 12.1 Å². The van der Waals surface area contributed by atoms with Crippen LogP contribution in [0, 0.1) is 5.21 Å². The van der Waals surface area contributed by atoms with Crippen LogP contribution >= 0.6 is 0 Å². The van der Waals surface area contributed by atoms with Gasteiger partial charge in [0.25, 0.3) is 0 Å². The van der Waals surface area contributed by atoms with Crippen LogP contribution in [-0.2, 0) is 0 Å². The molecule has 0 atom stereocenters. The molecule has 0 spiro atoms. The Morgan fingerprint density at radius 2 is 2.08 bits per heavy atom. The topological polar surface area (TPSA) is 67.4 Å². The minimum absolute atomic E-state index is 0.414. The summed E-state index contributed by atoms with van der Waals surface area (Å²) in [6.45, 7) is 0. The lowest BCUT2D eigenvalue weighted by Crippen LogP contribution is -2.44. The summed E-state index contributed by atoms with van der Waals surface area (Å²) in [5, 5.41) is 14.0. The molecule has 1 aliphatic rings. The first-order valence-electron chi connectivity index (χ1n) is 3.41. The normalized spacial score (nSPS) is 14.8. The summed E-state index contributed by atoms with van der Waals surface area (Å²) < 4.78 is 0. The molecule has 0 radical (unpaired) electrons. The molecule has 1 aliphatic heterocycles. The largest absolute Gasteiger partial charge is 0.739 e. The van der Waals surface area contributed by atoms with E-state index in [0.717, 1.165) is 0 Å². The lowest BCUT2D eigenvalue weighted by molar-refractivity contribution is 0.251. The molecule has 2 rings (SSSR count). The lowest BCUT2D eigenvalue weighted by atomic mass is 10.2. The second-order valence-electron chi connectivity index (χ2n) is 2.38. The number of nitrogens with zero attached hydrogens (tertiary/aromatic N) is 1. The summed E-state index contributed by atoms with van der Waals surface area (Å²) in [7, 11) is 0. The van der Waals surface area contributed by atoms with Crippen molar-refractivity contribution in [3.05, 3.63) is 29.5 Å². The van der Waals surface area contributed by atoms with Gasteiger partial charge in [0.05, 0.1) is 11.4 Å². The van der Waals surface area contributed by atoms with Crippen LogP contribution in [0.25, 0.3) is 0 Å². The van der Waals surface area contributed by atoms with E-state index in [4.69, 9.17) is 0 Å². The number of nitrogens with one attached hydrogen (secondary N) is 2. The first-order chi connectivity index (χ1) is 5.77. The predicted octanol–water partition coefficient (Wildman–Crippen LogP) is 1.04. The summed E-state index contributed by atoms with van der Waals surface area (Å²) >= 11 is 0. The molecule has 62 valence electrons. The highest BCUT2D eigenvalue weighted by molar-refractivity contribution is 5.97. The number of anilines is 2. The van der Waals surface area contributed by atoms with Gasteiger partial charge >= 0.3 is 6.03 Å². The van der Waals surface area contributed by atoms with Gasteiger partial charge in [0.15, 0.2) is 0 Å². The Morgan fingerprint density at radius 3 is 2.92 bits per heavy atom. The molecule has 2 N–H and O–H groups in total. The number of para-hydroxylation sites is 2. The Hall–Kier alpha value is -1.75. The van der Waals surface area contributed by atoms with Crippen molar-refractivity contribution in [2.75, 3.05) is 10.5 Å². The van der Waals surface area contributed by atoms with Crippen LogP contribution in [0.4, 0.5) is 16.2 Å². The first-order valence-corrected chi connectivity index (χ1v) is 3.41. The fourth-order valence-electron chi connectivity index (χ4n) is 1.06. The van der Waals surface area contributed by atoms with Gasteiger partial charge in [0.1, 0.15) is 0 Å². The van der Waals surface area contributed by atoms with Crippen LogP contribution in [-0.4, -0.2) is 6.03 Å². The maximum atomic E-state index is 11.0. The van der Waals surface area contributed by atoms with Crippen LogP contribution < -0.4 is 15.9 Å².